The highest BCUT2D eigenvalue weighted by Gasteiger charge is 2.51. The third-order valence-corrected chi connectivity index (χ3v) is 11.0. The molecule has 274 valence electrons. The van der Waals surface area contributed by atoms with E-state index >= 15 is 0 Å². The Hall–Kier alpha value is -5.68. The summed E-state index contributed by atoms with van der Waals surface area (Å²) in [6.07, 6.45) is 0. The van der Waals surface area contributed by atoms with Crippen LogP contribution in [0.15, 0.2) is 176 Å². The maximum atomic E-state index is 6.34. The van der Waals surface area contributed by atoms with Crippen LogP contribution < -0.4 is 10.4 Å². The monoisotopic (exact) mass is 719 g/mol. The third-order valence-electron chi connectivity index (χ3n) is 11.0. The van der Waals surface area contributed by atoms with Crippen LogP contribution in [0.25, 0.3) is 33.4 Å². The van der Waals surface area contributed by atoms with Crippen LogP contribution in [0, 0.1) is 20.8 Å². The van der Waals surface area contributed by atoms with E-state index in [9.17, 15) is 0 Å². The van der Waals surface area contributed by atoms with Crippen molar-refractivity contribution in [1.82, 2.24) is 0 Å². The summed E-state index contributed by atoms with van der Waals surface area (Å²) in [6, 6.07) is 62.4. The van der Waals surface area contributed by atoms with E-state index in [2.05, 4.69) is 211 Å². The number of rotatable bonds is 7. The normalized spacial score (nSPS) is 14.2. The molecule has 1 aliphatic rings. The van der Waals surface area contributed by atoms with E-state index in [1.54, 1.807) is 0 Å². The van der Waals surface area contributed by atoms with Gasteiger partial charge >= 0.3 is 7.12 Å². The molecule has 0 saturated carbocycles. The highest BCUT2D eigenvalue weighted by Crippen LogP contribution is 2.39. The van der Waals surface area contributed by atoms with Crippen molar-refractivity contribution in [3.05, 3.63) is 193 Å². The number of hydrogen-bond acceptors (Lipinski definition) is 3. The van der Waals surface area contributed by atoms with E-state index in [0.717, 1.165) is 22.5 Å². The van der Waals surface area contributed by atoms with Crippen molar-refractivity contribution >= 4 is 29.6 Å². The predicted octanol–water partition coefficient (Wildman–Crippen LogP) is 13.1. The molecule has 0 N–H and O–H groups in total. The van der Waals surface area contributed by atoms with Crippen LogP contribution in [0.2, 0.25) is 0 Å². The molecular formula is C51H50BNO2. The number of nitrogens with zero attached hydrogens (tertiary/aromatic N) is 1. The summed E-state index contributed by atoms with van der Waals surface area (Å²) < 4.78 is 12.7. The van der Waals surface area contributed by atoms with Gasteiger partial charge in [-0.2, -0.15) is 0 Å². The van der Waals surface area contributed by atoms with Crippen molar-refractivity contribution in [3.8, 4) is 33.4 Å². The largest absolute Gasteiger partial charge is 0.494 e. The minimum absolute atomic E-state index is 0.386. The van der Waals surface area contributed by atoms with Crippen LogP contribution in [-0.2, 0) is 9.31 Å². The van der Waals surface area contributed by atoms with Gasteiger partial charge in [-0.3, -0.25) is 0 Å². The van der Waals surface area contributed by atoms with Gasteiger partial charge in [-0.05, 0) is 141 Å². The van der Waals surface area contributed by atoms with Crippen molar-refractivity contribution < 1.29 is 9.31 Å². The van der Waals surface area contributed by atoms with Gasteiger partial charge in [-0.15, -0.1) is 0 Å². The molecule has 7 aromatic rings. The van der Waals surface area contributed by atoms with Crippen LogP contribution in [0.3, 0.4) is 0 Å². The van der Waals surface area contributed by atoms with E-state index in [1.165, 1.54) is 50.1 Å². The average molecular weight is 720 g/mol. The first kappa shape index (κ1) is 37.6. The Bertz CT molecular complexity index is 2320. The minimum atomic E-state index is -0.402. The summed E-state index contributed by atoms with van der Waals surface area (Å²) >= 11 is 0. The van der Waals surface area contributed by atoms with E-state index in [-0.39, 0.29) is 11.2 Å². The van der Waals surface area contributed by atoms with Gasteiger partial charge in [0, 0.05) is 17.1 Å². The lowest BCUT2D eigenvalue weighted by molar-refractivity contribution is 0.00578. The maximum absolute atomic E-state index is 6.34. The summed E-state index contributed by atoms with van der Waals surface area (Å²) in [5.41, 5.74) is 14.7. The van der Waals surface area contributed by atoms with Crippen molar-refractivity contribution in [2.45, 2.75) is 59.7 Å². The maximum Gasteiger partial charge on any atom is 0.494 e. The highest BCUT2D eigenvalue weighted by molar-refractivity contribution is 6.62. The van der Waals surface area contributed by atoms with E-state index < -0.39 is 7.12 Å². The number of anilines is 3. The lowest BCUT2D eigenvalue weighted by atomic mass is 9.79. The average Bonchev–Trinajstić information content (AvgIpc) is 3.43. The molecule has 7 aromatic carbocycles. The molecule has 1 heterocycles. The lowest BCUT2D eigenvalue weighted by Gasteiger charge is -2.32. The van der Waals surface area contributed by atoms with Gasteiger partial charge in [0.15, 0.2) is 0 Å². The molecule has 1 fully saturated rings. The van der Waals surface area contributed by atoms with Crippen molar-refractivity contribution in [2.75, 3.05) is 4.90 Å². The van der Waals surface area contributed by atoms with Gasteiger partial charge in [-0.25, -0.2) is 0 Å². The Morgan fingerprint density at radius 3 is 1.33 bits per heavy atom. The second-order valence-electron chi connectivity index (χ2n) is 15.5. The van der Waals surface area contributed by atoms with Gasteiger partial charge in [0.1, 0.15) is 0 Å². The molecule has 0 unspecified atom stereocenters. The van der Waals surface area contributed by atoms with Crippen LogP contribution in [0.4, 0.5) is 17.1 Å². The first-order valence-electron chi connectivity index (χ1n) is 19.2. The molecule has 0 radical (unpaired) electrons. The molecule has 0 atom stereocenters. The fraction of sp³-hybridized carbons (Fsp3) is 0.176. The SMILES string of the molecule is Cc1ccccc1.Cc1ccccc1-c1cc(-c2ccc(N(c3ccc(B4OC(C)(C)C(C)(C)O4)cc3)c3ccc(-c4ccccc4)cc3)cc2)ccc1C. The Morgan fingerprint density at radius 1 is 0.400 bits per heavy atom. The number of aryl methyl sites for hydroxylation is 3. The quantitative estimate of drug-likeness (QED) is 0.153. The Labute approximate surface area is 328 Å². The topological polar surface area (TPSA) is 21.7 Å². The number of hydrogen-bond donors (Lipinski definition) is 0. The number of benzene rings is 7. The molecule has 1 saturated heterocycles. The Kier molecular flexibility index (Phi) is 10.9. The molecule has 8 rings (SSSR count). The fourth-order valence-corrected chi connectivity index (χ4v) is 6.94. The standard InChI is InChI=1S/C44H42BNO2.C7H8/c1-31-12-10-11-15-41(31)42-30-36(17-16-32(42)2)35-20-26-39(27-21-35)46(38-24-18-34(19-25-38)33-13-8-7-9-14-33)40-28-22-37(23-29-40)45-47-43(3,4)44(5,6)48-45;1-7-5-3-2-4-6-7/h7-30H,1-6H3;2-6H,1H3. The summed E-state index contributed by atoms with van der Waals surface area (Å²) in [4.78, 5) is 2.31. The Balaban J connectivity index is 0.000000599. The smallest absolute Gasteiger partial charge is 0.399 e. The zero-order valence-corrected chi connectivity index (χ0v) is 33.1. The summed E-state index contributed by atoms with van der Waals surface area (Å²) in [5.74, 6) is 0. The van der Waals surface area contributed by atoms with Crippen molar-refractivity contribution in [1.29, 1.82) is 0 Å². The van der Waals surface area contributed by atoms with Crippen LogP contribution in [0.5, 0.6) is 0 Å². The van der Waals surface area contributed by atoms with Crippen LogP contribution in [-0.4, -0.2) is 18.3 Å². The van der Waals surface area contributed by atoms with Crippen molar-refractivity contribution in [2.24, 2.45) is 0 Å². The summed E-state index contributed by atoms with van der Waals surface area (Å²) in [5, 5.41) is 0. The first-order chi connectivity index (χ1) is 26.5. The van der Waals surface area contributed by atoms with Gasteiger partial charge in [-0.1, -0.05) is 139 Å². The molecule has 0 aromatic heterocycles. The molecule has 0 amide bonds. The molecule has 0 spiro atoms. The molecule has 0 bridgehead atoms. The molecule has 55 heavy (non-hydrogen) atoms. The molecule has 4 heteroatoms. The van der Waals surface area contributed by atoms with Gasteiger partial charge in [0.2, 0.25) is 0 Å². The predicted molar refractivity (Wildman–Crippen MR) is 234 cm³/mol. The second kappa shape index (κ2) is 16.0. The second-order valence-corrected chi connectivity index (χ2v) is 15.5. The zero-order chi connectivity index (χ0) is 38.6. The van der Waals surface area contributed by atoms with Gasteiger partial charge < -0.3 is 14.2 Å². The molecule has 0 aliphatic carbocycles. The lowest BCUT2D eigenvalue weighted by Crippen LogP contribution is -2.41. The highest BCUT2D eigenvalue weighted by atomic mass is 16.7. The van der Waals surface area contributed by atoms with Gasteiger partial charge in [0.05, 0.1) is 11.2 Å². The van der Waals surface area contributed by atoms with E-state index in [4.69, 9.17) is 9.31 Å². The first-order valence-corrected chi connectivity index (χ1v) is 19.2. The summed E-state index contributed by atoms with van der Waals surface area (Å²) in [7, 11) is -0.402. The van der Waals surface area contributed by atoms with Crippen LogP contribution in [0.1, 0.15) is 44.4 Å². The molecule has 1 aliphatic heterocycles. The fourth-order valence-electron chi connectivity index (χ4n) is 6.94. The minimum Gasteiger partial charge on any atom is -0.399 e. The van der Waals surface area contributed by atoms with Gasteiger partial charge in [0.25, 0.3) is 0 Å². The molecule has 3 nitrogen and oxygen atoms in total. The van der Waals surface area contributed by atoms with Crippen LogP contribution >= 0.6 is 0 Å². The van der Waals surface area contributed by atoms with E-state index in [0.29, 0.717) is 0 Å². The Morgan fingerprint density at radius 2 is 0.818 bits per heavy atom. The molecular weight excluding hydrogens is 669 g/mol. The zero-order valence-electron chi connectivity index (χ0n) is 33.1. The third kappa shape index (κ3) is 8.37. The van der Waals surface area contributed by atoms with Crippen molar-refractivity contribution in [3.63, 3.8) is 0 Å². The summed E-state index contributed by atoms with van der Waals surface area (Å²) in [6.45, 7) is 14.8. The van der Waals surface area contributed by atoms with E-state index in [1.807, 2.05) is 18.2 Å².